The van der Waals surface area contributed by atoms with E-state index < -0.39 is 0 Å². The number of hydrogen-bond donors (Lipinski definition) is 1. The molecule has 5 rings (SSSR count). The average molecular weight is 330 g/mol. The third kappa shape index (κ3) is 2.64. The fraction of sp³-hybridized carbons (Fsp3) is 0.737. The molecule has 4 heteroatoms. The molecular weight excluding hydrogens is 304 g/mol. The first-order valence-corrected chi connectivity index (χ1v) is 10.2. The zero-order chi connectivity index (χ0) is 15.4. The van der Waals surface area contributed by atoms with E-state index in [0.717, 1.165) is 31.5 Å². The second-order valence-electron chi connectivity index (χ2n) is 8.27. The van der Waals surface area contributed by atoms with Gasteiger partial charge in [0.1, 0.15) is 0 Å². The molecule has 1 amide bonds. The Morgan fingerprint density at radius 3 is 2.87 bits per heavy atom. The topological polar surface area (TPSA) is 32.3 Å². The predicted octanol–water partition coefficient (Wildman–Crippen LogP) is 3.26. The number of carbonyl (C=O) groups is 1. The first-order valence-electron chi connectivity index (χ1n) is 9.29. The van der Waals surface area contributed by atoms with Crippen molar-refractivity contribution in [2.75, 3.05) is 13.1 Å². The highest BCUT2D eigenvalue weighted by molar-refractivity contribution is 7.07. The van der Waals surface area contributed by atoms with Crippen LogP contribution in [0.2, 0.25) is 0 Å². The Morgan fingerprint density at radius 1 is 1.35 bits per heavy atom. The number of amides is 1. The molecule has 3 atom stereocenters. The molecule has 124 valence electrons. The second-order valence-corrected chi connectivity index (χ2v) is 9.05. The highest BCUT2D eigenvalue weighted by Gasteiger charge is 2.60. The molecule has 0 unspecified atom stereocenters. The predicted molar refractivity (Wildman–Crippen MR) is 92.1 cm³/mol. The molecule has 23 heavy (non-hydrogen) atoms. The van der Waals surface area contributed by atoms with Gasteiger partial charge in [-0.05, 0) is 91.3 Å². The summed E-state index contributed by atoms with van der Waals surface area (Å²) < 4.78 is 0. The van der Waals surface area contributed by atoms with Crippen LogP contribution in [0.4, 0.5) is 0 Å². The Balaban J connectivity index is 1.33. The van der Waals surface area contributed by atoms with Gasteiger partial charge in [-0.15, -0.1) is 0 Å². The van der Waals surface area contributed by atoms with Crippen molar-refractivity contribution in [2.24, 2.45) is 23.2 Å². The minimum absolute atomic E-state index is 0.362. The molecular formula is C19H26N2OS. The summed E-state index contributed by atoms with van der Waals surface area (Å²) in [6, 6.07) is 2.70. The Bertz CT molecular complexity index is 589. The van der Waals surface area contributed by atoms with E-state index in [1.807, 2.05) is 0 Å². The zero-order valence-corrected chi connectivity index (χ0v) is 14.5. The van der Waals surface area contributed by atoms with Gasteiger partial charge in [0.05, 0.1) is 0 Å². The molecule has 1 spiro atoms. The van der Waals surface area contributed by atoms with Gasteiger partial charge in [0.2, 0.25) is 5.91 Å². The summed E-state index contributed by atoms with van der Waals surface area (Å²) in [5, 5.41) is 7.82. The molecule has 0 bridgehead atoms. The summed E-state index contributed by atoms with van der Waals surface area (Å²) in [4.78, 5) is 15.5. The van der Waals surface area contributed by atoms with Crippen LogP contribution in [0.15, 0.2) is 16.8 Å². The zero-order valence-electron chi connectivity index (χ0n) is 13.7. The van der Waals surface area contributed by atoms with E-state index in [0.29, 0.717) is 23.3 Å². The molecule has 1 aliphatic heterocycles. The quantitative estimate of drug-likeness (QED) is 0.899. The lowest BCUT2D eigenvalue weighted by Crippen LogP contribution is -2.40. The standard InChI is InChI=1S/C19H26N2OS/c22-18(16-9-15(16)14-1-2-14)21(11-13-3-8-23-12-13)17-10-19(17)4-6-20-7-5-19/h3,8,12,14-17,20H,1-2,4-7,9-11H2/t15-,16-,17+/m1/s1. The van der Waals surface area contributed by atoms with Crippen molar-refractivity contribution in [2.45, 2.75) is 51.1 Å². The van der Waals surface area contributed by atoms with E-state index in [1.165, 1.54) is 44.1 Å². The first-order chi connectivity index (χ1) is 11.3. The van der Waals surface area contributed by atoms with E-state index in [1.54, 1.807) is 11.3 Å². The van der Waals surface area contributed by atoms with Gasteiger partial charge in [0.25, 0.3) is 0 Å². The fourth-order valence-corrected chi connectivity index (χ4v) is 5.57. The van der Waals surface area contributed by atoms with Crippen LogP contribution in [0, 0.1) is 23.2 Å². The summed E-state index contributed by atoms with van der Waals surface area (Å²) in [6.07, 6.45) is 7.66. The molecule has 1 N–H and O–H groups in total. The fourth-order valence-electron chi connectivity index (χ4n) is 4.91. The summed E-state index contributed by atoms with van der Waals surface area (Å²) >= 11 is 1.74. The normalized spacial score (nSPS) is 34.3. The van der Waals surface area contributed by atoms with Gasteiger partial charge in [0.15, 0.2) is 0 Å². The van der Waals surface area contributed by atoms with Crippen molar-refractivity contribution in [3.05, 3.63) is 22.4 Å². The largest absolute Gasteiger partial charge is 0.335 e. The summed E-state index contributed by atoms with van der Waals surface area (Å²) in [7, 11) is 0. The van der Waals surface area contributed by atoms with Crippen molar-refractivity contribution < 1.29 is 4.79 Å². The number of hydrogen-bond acceptors (Lipinski definition) is 3. The smallest absolute Gasteiger partial charge is 0.226 e. The van der Waals surface area contributed by atoms with Gasteiger partial charge in [-0.3, -0.25) is 4.79 Å². The van der Waals surface area contributed by atoms with Gasteiger partial charge >= 0.3 is 0 Å². The number of rotatable bonds is 5. The van der Waals surface area contributed by atoms with E-state index in [-0.39, 0.29) is 0 Å². The van der Waals surface area contributed by atoms with Gasteiger partial charge in [-0.25, -0.2) is 0 Å². The molecule has 0 radical (unpaired) electrons. The molecule has 3 saturated carbocycles. The highest BCUT2D eigenvalue weighted by atomic mass is 32.1. The van der Waals surface area contributed by atoms with E-state index in [9.17, 15) is 4.79 Å². The number of nitrogens with zero attached hydrogens (tertiary/aromatic N) is 1. The monoisotopic (exact) mass is 330 g/mol. The maximum atomic E-state index is 13.2. The number of carbonyl (C=O) groups excluding carboxylic acids is 1. The lowest BCUT2D eigenvalue weighted by molar-refractivity contribution is -0.135. The van der Waals surface area contributed by atoms with Crippen LogP contribution in [0.5, 0.6) is 0 Å². The summed E-state index contributed by atoms with van der Waals surface area (Å²) in [5.41, 5.74) is 1.77. The Kier molecular flexibility index (Phi) is 3.35. The lowest BCUT2D eigenvalue weighted by Gasteiger charge is -2.30. The Hall–Kier alpha value is -0.870. The maximum Gasteiger partial charge on any atom is 0.226 e. The Labute approximate surface area is 142 Å². The van der Waals surface area contributed by atoms with Crippen LogP contribution in [0.3, 0.4) is 0 Å². The molecule has 3 aliphatic carbocycles. The van der Waals surface area contributed by atoms with Crippen molar-refractivity contribution in [1.82, 2.24) is 10.2 Å². The molecule has 4 fully saturated rings. The average Bonchev–Trinajstić information content (AvgIpc) is 3.46. The van der Waals surface area contributed by atoms with Crippen molar-refractivity contribution in [3.8, 4) is 0 Å². The molecule has 1 aromatic rings. The van der Waals surface area contributed by atoms with E-state index in [4.69, 9.17) is 0 Å². The van der Waals surface area contributed by atoms with Crippen molar-refractivity contribution in [1.29, 1.82) is 0 Å². The van der Waals surface area contributed by atoms with Crippen LogP contribution in [-0.2, 0) is 11.3 Å². The maximum absolute atomic E-state index is 13.2. The van der Waals surface area contributed by atoms with E-state index in [2.05, 4.69) is 27.0 Å². The summed E-state index contributed by atoms with van der Waals surface area (Å²) in [6.45, 7) is 3.10. The van der Waals surface area contributed by atoms with Gasteiger partial charge in [0, 0.05) is 18.5 Å². The minimum Gasteiger partial charge on any atom is -0.335 e. The molecule has 2 heterocycles. The molecule has 0 aromatic carbocycles. The van der Waals surface area contributed by atoms with Crippen LogP contribution >= 0.6 is 11.3 Å². The molecule has 1 saturated heterocycles. The number of piperidine rings is 1. The third-order valence-corrected chi connectivity index (χ3v) is 7.45. The van der Waals surface area contributed by atoms with Gasteiger partial charge < -0.3 is 10.2 Å². The van der Waals surface area contributed by atoms with Crippen molar-refractivity contribution >= 4 is 17.2 Å². The first kappa shape index (κ1) is 14.5. The molecule has 1 aromatic heterocycles. The van der Waals surface area contributed by atoms with Crippen LogP contribution in [0.1, 0.15) is 44.1 Å². The molecule has 4 aliphatic rings. The van der Waals surface area contributed by atoms with Crippen LogP contribution in [0.25, 0.3) is 0 Å². The lowest BCUT2D eigenvalue weighted by atomic mass is 9.93. The van der Waals surface area contributed by atoms with Crippen molar-refractivity contribution in [3.63, 3.8) is 0 Å². The number of nitrogens with one attached hydrogen (secondary N) is 1. The molecule has 3 nitrogen and oxygen atoms in total. The van der Waals surface area contributed by atoms with Crippen LogP contribution < -0.4 is 5.32 Å². The minimum atomic E-state index is 0.362. The number of thiophene rings is 1. The Morgan fingerprint density at radius 2 is 2.17 bits per heavy atom. The third-order valence-electron chi connectivity index (χ3n) is 6.72. The second kappa shape index (κ2) is 5.32. The van der Waals surface area contributed by atoms with Gasteiger partial charge in [-0.2, -0.15) is 11.3 Å². The summed E-state index contributed by atoms with van der Waals surface area (Å²) in [5.74, 6) is 2.46. The highest BCUT2D eigenvalue weighted by Crippen LogP contribution is 2.59. The van der Waals surface area contributed by atoms with Crippen LogP contribution in [-0.4, -0.2) is 29.9 Å². The SMILES string of the molecule is O=C([C@@H]1C[C@@H]1C1CC1)N(Cc1ccsc1)[C@H]1CC12CCNCC2. The van der Waals surface area contributed by atoms with E-state index >= 15 is 0 Å². The van der Waals surface area contributed by atoms with Gasteiger partial charge in [-0.1, -0.05) is 0 Å².